The molecule has 1 aromatic heterocycles. The zero-order valence-electron chi connectivity index (χ0n) is 8.60. The molecule has 0 spiro atoms. The zero-order chi connectivity index (χ0) is 13.4. The van der Waals surface area contributed by atoms with E-state index >= 15 is 0 Å². The van der Waals surface area contributed by atoms with E-state index in [9.17, 15) is 9.90 Å². The van der Waals surface area contributed by atoms with E-state index in [1.807, 2.05) is 0 Å². The van der Waals surface area contributed by atoms with Crippen LogP contribution in [0.15, 0.2) is 18.2 Å². The van der Waals surface area contributed by atoms with Gasteiger partial charge in [-0.15, -0.1) is 0 Å². The molecular weight excluding hydrogens is 320 g/mol. The third-order valence-corrected chi connectivity index (χ3v) is 3.44. The number of aromatic hydroxyl groups is 1. The molecule has 0 radical (unpaired) electrons. The number of H-pyrrole nitrogens is 1. The van der Waals surface area contributed by atoms with E-state index in [0.29, 0.717) is 0 Å². The van der Waals surface area contributed by atoms with E-state index in [2.05, 4.69) is 4.98 Å². The van der Waals surface area contributed by atoms with Gasteiger partial charge in [-0.2, -0.15) is 0 Å². The Balaban J connectivity index is 2.52. The Morgan fingerprint density at radius 3 is 2.28 bits per heavy atom. The zero-order valence-corrected chi connectivity index (χ0v) is 11.6. The van der Waals surface area contributed by atoms with Crippen molar-refractivity contribution >= 4 is 52.2 Å². The molecule has 2 rings (SSSR count). The van der Waals surface area contributed by atoms with Crippen LogP contribution in [0.2, 0.25) is 20.2 Å². The quantitative estimate of drug-likeness (QED) is 0.795. The van der Waals surface area contributed by atoms with Crippen LogP contribution in [0.3, 0.4) is 0 Å². The monoisotopic (exact) mass is 323 g/mol. The largest absolute Gasteiger partial charge is 0.506 e. The summed E-state index contributed by atoms with van der Waals surface area (Å²) in [6.07, 6.45) is 0. The van der Waals surface area contributed by atoms with E-state index in [1.54, 1.807) is 0 Å². The molecule has 94 valence electrons. The lowest BCUT2D eigenvalue weighted by Crippen LogP contribution is -2.02. The maximum atomic E-state index is 12.1. The standard InChI is InChI=1S/C11H5Cl4NO2/c12-4-1-5(9(17)6(13)2-4)10(18)8-3-7(14)11(15)16-8/h1-3,16-17H. The van der Waals surface area contributed by atoms with E-state index < -0.39 is 5.78 Å². The maximum Gasteiger partial charge on any atom is 0.213 e. The minimum Gasteiger partial charge on any atom is -0.506 e. The van der Waals surface area contributed by atoms with Gasteiger partial charge in [0, 0.05) is 5.02 Å². The molecule has 3 nitrogen and oxygen atoms in total. The Labute approximate surface area is 122 Å². The average molecular weight is 325 g/mol. The number of aromatic nitrogens is 1. The van der Waals surface area contributed by atoms with Crippen molar-refractivity contribution in [3.63, 3.8) is 0 Å². The topological polar surface area (TPSA) is 53.1 Å². The first-order valence-corrected chi connectivity index (χ1v) is 6.18. The number of nitrogens with one attached hydrogen (secondary N) is 1. The highest BCUT2D eigenvalue weighted by Crippen LogP contribution is 2.33. The lowest BCUT2D eigenvalue weighted by molar-refractivity contribution is 0.103. The number of hydrogen-bond donors (Lipinski definition) is 2. The Kier molecular flexibility index (Phi) is 3.78. The van der Waals surface area contributed by atoms with Gasteiger partial charge in [-0.05, 0) is 18.2 Å². The number of phenols is 1. The minimum atomic E-state index is -0.509. The third kappa shape index (κ3) is 2.45. The molecule has 0 fully saturated rings. The summed E-state index contributed by atoms with van der Waals surface area (Å²) in [7, 11) is 0. The van der Waals surface area contributed by atoms with Gasteiger partial charge in [-0.1, -0.05) is 46.4 Å². The highest BCUT2D eigenvalue weighted by atomic mass is 35.5. The predicted molar refractivity (Wildman–Crippen MR) is 72.4 cm³/mol. The Morgan fingerprint density at radius 1 is 1.06 bits per heavy atom. The SMILES string of the molecule is O=C(c1cc(Cl)c(Cl)[nH]1)c1cc(Cl)cc(Cl)c1O. The summed E-state index contributed by atoms with van der Waals surface area (Å²) in [4.78, 5) is 14.7. The smallest absolute Gasteiger partial charge is 0.213 e. The average Bonchev–Trinajstić information content (AvgIpc) is 2.63. The molecule has 2 N–H and O–H groups in total. The second-order valence-electron chi connectivity index (χ2n) is 3.46. The van der Waals surface area contributed by atoms with Crippen molar-refractivity contribution in [1.82, 2.24) is 4.98 Å². The molecule has 2 aromatic rings. The summed E-state index contributed by atoms with van der Waals surface area (Å²) in [5, 5.41) is 10.3. The number of carbonyl (C=O) groups is 1. The van der Waals surface area contributed by atoms with Gasteiger partial charge < -0.3 is 10.1 Å². The molecule has 0 aliphatic rings. The van der Waals surface area contributed by atoms with Crippen LogP contribution in [0.4, 0.5) is 0 Å². The number of ketones is 1. The number of phenolic OH excluding ortho intramolecular Hbond substituents is 1. The van der Waals surface area contributed by atoms with E-state index in [4.69, 9.17) is 46.4 Å². The fourth-order valence-electron chi connectivity index (χ4n) is 1.41. The highest BCUT2D eigenvalue weighted by molar-refractivity contribution is 6.42. The summed E-state index contributed by atoms with van der Waals surface area (Å²) in [5.41, 5.74) is 0.112. The van der Waals surface area contributed by atoms with Crippen LogP contribution in [0.1, 0.15) is 16.1 Å². The van der Waals surface area contributed by atoms with Crippen molar-refractivity contribution < 1.29 is 9.90 Å². The second-order valence-corrected chi connectivity index (χ2v) is 5.09. The molecule has 0 aliphatic carbocycles. The van der Waals surface area contributed by atoms with Gasteiger partial charge in [0.25, 0.3) is 0 Å². The molecule has 0 saturated heterocycles. The van der Waals surface area contributed by atoms with Crippen LogP contribution in [0, 0.1) is 0 Å². The first kappa shape index (κ1) is 13.6. The summed E-state index contributed by atoms with van der Waals surface area (Å²) < 4.78 is 0. The number of aromatic amines is 1. The summed E-state index contributed by atoms with van der Waals surface area (Å²) in [5.74, 6) is -0.849. The van der Waals surface area contributed by atoms with Gasteiger partial charge in [0.1, 0.15) is 10.9 Å². The van der Waals surface area contributed by atoms with Crippen LogP contribution >= 0.6 is 46.4 Å². The fraction of sp³-hybridized carbons (Fsp3) is 0. The molecule has 0 saturated carbocycles. The predicted octanol–water partition coefficient (Wildman–Crippen LogP) is 4.56. The molecule has 0 aliphatic heterocycles. The second kappa shape index (κ2) is 5.02. The van der Waals surface area contributed by atoms with Crippen LogP contribution in [-0.4, -0.2) is 15.9 Å². The number of carbonyl (C=O) groups excluding carboxylic acids is 1. The highest BCUT2D eigenvalue weighted by Gasteiger charge is 2.19. The van der Waals surface area contributed by atoms with E-state index in [1.165, 1.54) is 18.2 Å². The van der Waals surface area contributed by atoms with E-state index in [-0.39, 0.29) is 37.2 Å². The van der Waals surface area contributed by atoms with Gasteiger partial charge in [-0.3, -0.25) is 4.79 Å². The first-order valence-electron chi connectivity index (χ1n) is 4.67. The molecule has 18 heavy (non-hydrogen) atoms. The van der Waals surface area contributed by atoms with Crippen LogP contribution < -0.4 is 0 Å². The molecule has 1 heterocycles. The summed E-state index contributed by atoms with van der Waals surface area (Å²) in [6.45, 7) is 0. The molecular formula is C11H5Cl4NO2. The normalized spacial score (nSPS) is 10.7. The molecule has 0 amide bonds. The fourth-order valence-corrected chi connectivity index (χ4v) is 2.22. The van der Waals surface area contributed by atoms with Gasteiger partial charge in [0.05, 0.1) is 21.3 Å². The molecule has 7 heteroatoms. The lowest BCUT2D eigenvalue weighted by atomic mass is 10.1. The number of rotatable bonds is 2. The minimum absolute atomic E-state index is 0.00500. The van der Waals surface area contributed by atoms with Crippen molar-refractivity contribution in [2.75, 3.05) is 0 Å². The maximum absolute atomic E-state index is 12.1. The van der Waals surface area contributed by atoms with Crippen LogP contribution in [0.5, 0.6) is 5.75 Å². The molecule has 0 atom stereocenters. The number of benzene rings is 1. The van der Waals surface area contributed by atoms with Crippen LogP contribution in [-0.2, 0) is 0 Å². The van der Waals surface area contributed by atoms with Crippen molar-refractivity contribution in [2.24, 2.45) is 0 Å². The summed E-state index contributed by atoms with van der Waals surface area (Å²) in [6, 6.07) is 4.01. The van der Waals surface area contributed by atoms with Crippen LogP contribution in [0.25, 0.3) is 0 Å². The van der Waals surface area contributed by atoms with Crippen molar-refractivity contribution in [2.45, 2.75) is 0 Å². The Morgan fingerprint density at radius 2 is 1.72 bits per heavy atom. The molecule has 0 bridgehead atoms. The third-order valence-electron chi connectivity index (χ3n) is 2.24. The van der Waals surface area contributed by atoms with Gasteiger partial charge in [0.2, 0.25) is 5.78 Å². The Bertz CT molecular complexity index is 617. The Hall–Kier alpha value is -0.870. The van der Waals surface area contributed by atoms with Gasteiger partial charge >= 0.3 is 0 Å². The van der Waals surface area contributed by atoms with Gasteiger partial charge in [-0.25, -0.2) is 0 Å². The van der Waals surface area contributed by atoms with Crippen molar-refractivity contribution in [1.29, 1.82) is 0 Å². The summed E-state index contributed by atoms with van der Waals surface area (Å²) >= 11 is 23.0. The van der Waals surface area contributed by atoms with Gasteiger partial charge in [0.15, 0.2) is 0 Å². The first-order chi connectivity index (χ1) is 8.40. The van der Waals surface area contributed by atoms with Crippen molar-refractivity contribution in [3.8, 4) is 5.75 Å². The lowest BCUT2D eigenvalue weighted by Gasteiger charge is -2.05. The number of halogens is 4. The molecule has 0 unspecified atom stereocenters. The van der Waals surface area contributed by atoms with E-state index in [0.717, 1.165) is 0 Å². The van der Waals surface area contributed by atoms with Crippen molar-refractivity contribution in [3.05, 3.63) is 49.7 Å². The number of hydrogen-bond acceptors (Lipinski definition) is 2. The molecule has 1 aromatic carbocycles.